The number of benzene rings is 1. The second-order valence-electron chi connectivity index (χ2n) is 4.21. The van der Waals surface area contributed by atoms with Crippen molar-refractivity contribution in [2.24, 2.45) is 0 Å². The van der Waals surface area contributed by atoms with Crippen LogP contribution in [-0.2, 0) is 9.53 Å². The zero-order valence-electron chi connectivity index (χ0n) is 9.86. The molecule has 0 aromatic heterocycles. The van der Waals surface area contributed by atoms with Crippen LogP contribution in [0.25, 0.3) is 0 Å². The van der Waals surface area contributed by atoms with Crippen LogP contribution in [0.3, 0.4) is 0 Å². The molecule has 17 heavy (non-hydrogen) atoms. The van der Waals surface area contributed by atoms with Gasteiger partial charge in [-0.3, -0.25) is 0 Å². The van der Waals surface area contributed by atoms with Gasteiger partial charge < -0.3 is 14.4 Å². The number of carbonyl (C=O) groups is 1. The maximum absolute atomic E-state index is 13.7. The molecule has 0 N–H and O–H groups in total. The van der Waals surface area contributed by atoms with Crippen LogP contribution in [0.15, 0.2) is 18.2 Å². The van der Waals surface area contributed by atoms with Crippen molar-refractivity contribution in [3.8, 4) is 0 Å². The molecule has 1 unspecified atom stereocenters. The summed E-state index contributed by atoms with van der Waals surface area (Å²) in [6.45, 7) is 2.03. The molecule has 0 aliphatic carbocycles. The van der Waals surface area contributed by atoms with Crippen molar-refractivity contribution in [2.75, 3.05) is 31.7 Å². The van der Waals surface area contributed by atoms with Crippen LogP contribution in [0.2, 0.25) is 0 Å². The fraction of sp³-hybridized carbons (Fsp3) is 0.462. The fourth-order valence-corrected chi connectivity index (χ4v) is 2.32. The molecule has 1 aromatic rings. The number of hydrogen-bond acceptors (Lipinski definition) is 3. The highest BCUT2D eigenvalue weighted by molar-refractivity contribution is 5.74. The number of rotatable bonds is 5. The predicted molar refractivity (Wildman–Crippen MR) is 63.9 cm³/mol. The highest BCUT2D eigenvalue weighted by Gasteiger charge is 2.30. The lowest BCUT2D eigenvalue weighted by Gasteiger charge is -2.19. The fourth-order valence-electron chi connectivity index (χ4n) is 2.32. The summed E-state index contributed by atoms with van der Waals surface area (Å²) in [6.07, 6.45) is 1.70. The van der Waals surface area contributed by atoms with Gasteiger partial charge in [0.05, 0.1) is 5.92 Å². The van der Waals surface area contributed by atoms with Crippen molar-refractivity contribution < 1.29 is 13.9 Å². The third-order valence-electron chi connectivity index (χ3n) is 3.10. The Morgan fingerprint density at radius 3 is 3.12 bits per heavy atom. The molecule has 0 bridgehead atoms. The van der Waals surface area contributed by atoms with Gasteiger partial charge in [0.25, 0.3) is 0 Å². The number of carbonyl (C=O) groups excluding carboxylic acids is 1. The molecule has 1 heterocycles. The average molecular weight is 237 g/mol. The molecule has 0 spiro atoms. The van der Waals surface area contributed by atoms with E-state index < -0.39 is 0 Å². The van der Waals surface area contributed by atoms with E-state index in [1.54, 1.807) is 13.2 Å². The van der Waals surface area contributed by atoms with Gasteiger partial charge in [-0.2, -0.15) is 0 Å². The Labute approximate surface area is 100 Å². The monoisotopic (exact) mass is 237 g/mol. The molecule has 0 saturated carbocycles. The number of halogens is 1. The van der Waals surface area contributed by atoms with Crippen LogP contribution in [0, 0.1) is 5.82 Å². The lowest BCUT2D eigenvalue weighted by molar-refractivity contribution is -0.108. The van der Waals surface area contributed by atoms with Crippen LogP contribution in [0.4, 0.5) is 10.1 Å². The van der Waals surface area contributed by atoms with Gasteiger partial charge in [-0.25, -0.2) is 4.39 Å². The molecular formula is C13H16FNO2. The number of nitrogens with zero attached hydrogens (tertiary/aromatic N) is 1. The van der Waals surface area contributed by atoms with Crippen LogP contribution in [0.1, 0.15) is 17.9 Å². The number of fused-ring (bicyclic) bond motifs is 1. The van der Waals surface area contributed by atoms with Gasteiger partial charge in [0.1, 0.15) is 12.1 Å². The van der Waals surface area contributed by atoms with Crippen LogP contribution < -0.4 is 4.90 Å². The first kappa shape index (κ1) is 12.0. The van der Waals surface area contributed by atoms with E-state index in [9.17, 15) is 9.18 Å². The van der Waals surface area contributed by atoms with E-state index in [1.165, 1.54) is 6.07 Å². The minimum atomic E-state index is -0.339. The standard InChI is InChI=1S/C13H16FNO2/c1-17-7-3-6-15-8-10(9-16)13-11(14)4-2-5-12(13)15/h2,4-5,9-10H,3,6-8H2,1H3. The SMILES string of the molecule is COCCCN1CC(C=O)c2c(F)cccc21. The molecule has 2 rings (SSSR count). The Bertz CT molecular complexity index is 408. The van der Waals surface area contributed by atoms with Crippen molar-refractivity contribution in [1.29, 1.82) is 0 Å². The van der Waals surface area contributed by atoms with Crippen molar-refractivity contribution in [3.63, 3.8) is 0 Å². The van der Waals surface area contributed by atoms with Gasteiger partial charge in [0, 0.05) is 38.1 Å². The number of hydrogen-bond donors (Lipinski definition) is 0. The Morgan fingerprint density at radius 2 is 2.41 bits per heavy atom. The van der Waals surface area contributed by atoms with E-state index >= 15 is 0 Å². The van der Waals surface area contributed by atoms with E-state index in [-0.39, 0.29) is 11.7 Å². The minimum Gasteiger partial charge on any atom is -0.385 e. The smallest absolute Gasteiger partial charge is 0.129 e. The lowest BCUT2D eigenvalue weighted by atomic mass is 10.0. The van der Waals surface area contributed by atoms with Gasteiger partial charge >= 0.3 is 0 Å². The van der Waals surface area contributed by atoms with Crippen molar-refractivity contribution in [2.45, 2.75) is 12.3 Å². The Balaban J connectivity index is 2.19. The molecule has 4 heteroatoms. The largest absolute Gasteiger partial charge is 0.385 e. The third-order valence-corrected chi connectivity index (χ3v) is 3.10. The molecule has 0 radical (unpaired) electrons. The van der Waals surface area contributed by atoms with Crippen molar-refractivity contribution in [3.05, 3.63) is 29.6 Å². The summed E-state index contributed by atoms with van der Waals surface area (Å²) >= 11 is 0. The van der Waals surface area contributed by atoms with Crippen LogP contribution >= 0.6 is 0 Å². The number of aldehydes is 1. The third kappa shape index (κ3) is 2.31. The van der Waals surface area contributed by atoms with E-state index in [0.717, 1.165) is 24.9 Å². The van der Waals surface area contributed by atoms with Gasteiger partial charge in [0.2, 0.25) is 0 Å². The summed E-state index contributed by atoms with van der Waals surface area (Å²) in [6, 6.07) is 4.97. The zero-order valence-corrected chi connectivity index (χ0v) is 9.86. The predicted octanol–water partition coefficient (Wildman–Crippen LogP) is 1.96. The molecule has 1 aliphatic heterocycles. The average Bonchev–Trinajstić information content (AvgIpc) is 2.70. The molecule has 1 aromatic carbocycles. The minimum absolute atomic E-state index is 0.283. The topological polar surface area (TPSA) is 29.5 Å². The Morgan fingerprint density at radius 1 is 1.59 bits per heavy atom. The number of anilines is 1. The van der Waals surface area contributed by atoms with E-state index in [1.807, 2.05) is 6.07 Å². The summed E-state index contributed by atoms with van der Waals surface area (Å²) in [7, 11) is 1.66. The molecule has 1 aliphatic rings. The van der Waals surface area contributed by atoms with E-state index in [4.69, 9.17) is 4.74 Å². The summed E-state index contributed by atoms with van der Waals surface area (Å²) in [4.78, 5) is 13.0. The second-order valence-corrected chi connectivity index (χ2v) is 4.21. The summed E-state index contributed by atoms with van der Waals surface area (Å²) < 4.78 is 18.7. The number of methoxy groups -OCH3 is 1. The highest BCUT2D eigenvalue weighted by atomic mass is 19.1. The lowest BCUT2D eigenvalue weighted by Crippen LogP contribution is -2.24. The maximum Gasteiger partial charge on any atom is 0.129 e. The summed E-state index contributed by atoms with van der Waals surface area (Å²) in [5.41, 5.74) is 1.39. The van der Waals surface area contributed by atoms with E-state index in [0.29, 0.717) is 18.7 Å². The van der Waals surface area contributed by atoms with Crippen LogP contribution in [-0.4, -0.2) is 33.1 Å². The molecule has 0 fully saturated rings. The van der Waals surface area contributed by atoms with Gasteiger partial charge in [0.15, 0.2) is 0 Å². The Kier molecular flexibility index (Phi) is 3.74. The molecule has 0 amide bonds. The van der Waals surface area contributed by atoms with Gasteiger partial charge in [-0.1, -0.05) is 6.07 Å². The zero-order chi connectivity index (χ0) is 12.3. The summed E-state index contributed by atoms with van der Waals surface area (Å²) in [5, 5.41) is 0. The normalized spacial score (nSPS) is 18.2. The van der Waals surface area contributed by atoms with Gasteiger partial charge in [-0.15, -0.1) is 0 Å². The molecular weight excluding hydrogens is 221 g/mol. The number of ether oxygens (including phenoxy) is 1. The first-order valence-corrected chi connectivity index (χ1v) is 5.75. The molecule has 1 atom stereocenters. The molecule has 92 valence electrons. The second kappa shape index (κ2) is 5.27. The van der Waals surface area contributed by atoms with E-state index in [2.05, 4.69) is 4.90 Å². The first-order chi connectivity index (χ1) is 8.27. The first-order valence-electron chi connectivity index (χ1n) is 5.75. The quantitative estimate of drug-likeness (QED) is 0.579. The maximum atomic E-state index is 13.7. The van der Waals surface area contributed by atoms with Crippen LogP contribution in [0.5, 0.6) is 0 Å². The van der Waals surface area contributed by atoms with Gasteiger partial charge in [-0.05, 0) is 18.6 Å². The summed E-state index contributed by atoms with van der Waals surface area (Å²) in [5.74, 6) is -0.623. The highest BCUT2D eigenvalue weighted by Crippen LogP contribution is 2.36. The van der Waals surface area contributed by atoms with Crippen molar-refractivity contribution in [1.82, 2.24) is 0 Å². The molecule has 3 nitrogen and oxygen atoms in total. The Hall–Kier alpha value is -1.42. The molecule has 0 saturated heterocycles. The van der Waals surface area contributed by atoms with Crippen molar-refractivity contribution >= 4 is 12.0 Å².